The number of para-hydroxylation sites is 2. The van der Waals surface area contributed by atoms with E-state index in [0.29, 0.717) is 0 Å². The number of fused-ring (bicyclic) bond motifs is 1. The first-order valence-corrected chi connectivity index (χ1v) is 5.83. The second-order valence-corrected chi connectivity index (χ2v) is 4.33. The summed E-state index contributed by atoms with van der Waals surface area (Å²) >= 11 is 0. The Labute approximate surface area is 106 Å². The van der Waals surface area contributed by atoms with Crippen LogP contribution in [0, 0.1) is 0 Å². The quantitative estimate of drug-likeness (QED) is 0.808. The van der Waals surface area contributed by atoms with Crippen molar-refractivity contribution in [3.8, 4) is 17.2 Å². The van der Waals surface area contributed by atoms with Crippen molar-refractivity contribution in [2.24, 2.45) is 0 Å². The average molecular weight is 242 g/mol. The highest BCUT2D eigenvalue weighted by Gasteiger charge is 2.38. The van der Waals surface area contributed by atoms with Gasteiger partial charge in [-0.3, -0.25) is 0 Å². The summed E-state index contributed by atoms with van der Waals surface area (Å²) in [7, 11) is 1.65. The normalized spacial score (nSPS) is 15.4. The minimum atomic E-state index is -0.768. The molecule has 0 atom stereocenters. The van der Waals surface area contributed by atoms with Gasteiger partial charge in [0.1, 0.15) is 5.75 Å². The fourth-order valence-electron chi connectivity index (χ4n) is 2.07. The topological polar surface area (TPSA) is 27.7 Å². The fourth-order valence-corrected chi connectivity index (χ4v) is 2.07. The van der Waals surface area contributed by atoms with Gasteiger partial charge in [0.05, 0.1) is 7.11 Å². The van der Waals surface area contributed by atoms with Gasteiger partial charge in [-0.2, -0.15) is 0 Å². The van der Waals surface area contributed by atoms with Crippen molar-refractivity contribution < 1.29 is 14.2 Å². The van der Waals surface area contributed by atoms with Crippen LogP contribution in [0.2, 0.25) is 0 Å². The summed E-state index contributed by atoms with van der Waals surface area (Å²) in [4.78, 5) is 0. The van der Waals surface area contributed by atoms with Crippen LogP contribution in [0.25, 0.3) is 0 Å². The third-order valence-electron chi connectivity index (χ3n) is 3.07. The maximum atomic E-state index is 5.89. The van der Waals surface area contributed by atoms with Gasteiger partial charge in [0.2, 0.25) is 0 Å². The Morgan fingerprint density at radius 2 is 1.44 bits per heavy atom. The predicted molar refractivity (Wildman–Crippen MR) is 68.0 cm³/mol. The largest absolute Gasteiger partial charge is 0.497 e. The van der Waals surface area contributed by atoms with E-state index < -0.39 is 5.79 Å². The van der Waals surface area contributed by atoms with Crippen LogP contribution in [0.5, 0.6) is 17.2 Å². The third kappa shape index (κ3) is 1.68. The fraction of sp³-hybridized carbons (Fsp3) is 0.200. The van der Waals surface area contributed by atoms with E-state index in [4.69, 9.17) is 14.2 Å². The smallest absolute Gasteiger partial charge is 0.275 e. The molecule has 0 bridgehead atoms. The molecule has 0 saturated heterocycles. The number of methoxy groups -OCH3 is 1. The van der Waals surface area contributed by atoms with Gasteiger partial charge in [0.25, 0.3) is 5.79 Å². The first-order chi connectivity index (χ1) is 8.71. The van der Waals surface area contributed by atoms with E-state index in [1.54, 1.807) is 7.11 Å². The SMILES string of the molecule is COc1ccc(C2(C)Oc3ccccc3O2)cc1. The lowest BCUT2D eigenvalue weighted by Crippen LogP contribution is -2.31. The summed E-state index contributed by atoms with van der Waals surface area (Å²) in [5.41, 5.74) is 0.958. The monoisotopic (exact) mass is 242 g/mol. The standard InChI is InChI=1S/C15H14O3/c1-15(11-7-9-12(16-2)10-8-11)17-13-5-3-4-6-14(13)18-15/h3-10H,1-2H3. The Bertz CT molecular complexity index is 535. The zero-order valence-electron chi connectivity index (χ0n) is 10.3. The van der Waals surface area contributed by atoms with E-state index >= 15 is 0 Å². The maximum Gasteiger partial charge on any atom is 0.275 e. The molecule has 1 heterocycles. The van der Waals surface area contributed by atoms with Crippen molar-refractivity contribution in [2.45, 2.75) is 12.7 Å². The molecule has 0 aliphatic carbocycles. The number of hydrogen-bond acceptors (Lipinski definition) is 3. The molecule has 2 aromatic rings. The molecule has 92 valence electrons. The van der Waals surface area contributed by atoms with Crippen molar-refractivity contribution in [3.63, 3.8) is 0 Å². The van der Waals surface area contributed by atoms with E-state index in [1.165, 1.54) is 0 Å². The number of rotatable bonds is 2. The summed E-state index contributed by atoms with van der Waals surface area (Å²) in [5.74, 6) is 1.60. The van der Waals surface area contributed by atoms with Crippen LogP contribution in [-0.2, 0) is 5.79 Å². The van der Waals surface area contributed by atoms with Gasteiger partial charge in [0, 0.05) is 12.5 Å². The van der Waals surface area contributed by atoms with Crippen molar-refractivity contribution in [1.82, 2.24) is 0 Å². The maximum absolute atomic E-state index is 5.89. The third-order valence-corrected chi connectivity index (χ3v) is 3.07. The van der Waals surface area contributed by atoms with Crippen LogP contribution in [0.15, 0.2) is 48.5 Å². The molecule has 1 aliphatic rings. The highest BCUT2D eigenvalue weighted by Crippen LogP contribution is 2.43. The van der Waals surface area contributed by atoms with Gasteiger partial charge in [-0.25, -0.2) is 0 Å². The summed E-state index contributed by atoms with van der Waals surface area (Å²) < 4.78 is 16.9. The van der Waals surface area contributed by atoms with Crippen LogP contribution in [0.3, 0.4) is 0 Å². The van der Waals surface area contributed by atoms with Gasteiger partial charge in [-0.1, -0.05) is 12.1 Å². The highest BCUT2D eigenvalue weighted by atomic mass is 16.7. The van der Waals surface area contributed by atoms with E-state index in [2.05, 4.69) is 0 Å². The molecule has 0 N–H and O–H groups in total. The molecule has 0 unspecified atom stereocenters. The molecule has 0 amide bonds. The van der Waals surface area contributed by atoms with Gasteiger partial charge in [-0.15, -0.1) is 0 Å². The lowest BCUT2D eigenvalue weighted by atomic mass is 10.1. The van der Waals surface area contributed by atoms with Crippen LogP contribution in [-0.4, -0.2) is 7.11 Å². The number of ether oxygens (including phenoxy) is 3. The summed E-state index contributed by atoms with van der Waals surface area (Å²) in [5, 5.41) is 0. The molecule has 0 radical (unpaired) electrons. The Kier molecular flexibility index (Phi) is 2.40. The lowest BCUT2D eigenvalue weighted by molar-refractivity contribution is -0.0680. The minimum Gasteiger partial charge on any atom is -0.497 e. The first kappa shape index (κ1) is 11.0. The van der Waals surface area contributed by atoms with E-state index in [9.17, 15) is 0 Å². The van der Waals surface area contributed by atoms with Crippen LogP contribution in [0.1, 0.15) is 12.5 Å². The lowest BCUT2D eigenvalue weighted by Gasteiger charge is -2.23. The molecule has 3 heteroatoms. The second-order valence-electron chi connectivity index (χ2n) is 4.33. The molecule has 3 nitrogen and oxygen atoms in total. The molecule has 0 spiro atoms. The Morgan fingerprint density at radius 3 is 1.94 bits per heavy atom. The van der Waals surface area contributed by atoms with E-state index in [-0.39, 0.29) is 0 Å². The number of benzene rings is 2. The predicted octanol–water partition coefficient (Wildman–Crippen LogP) is 3.34. The van der Waals surface area contributed by atoms with Gasteiger partial charge < -0.3 is 14.2 Å². The highest BCUT2D eigenvalue weighted by molar-refractivity contribution is 5.44. The average Bonchev–Trinajstić information content (AvgIpc) is 2.76. The van der Waals surface area contributed by atoms with Gasteiger partial charge >= 0.3 is 0 Å². The molecule has 0 saturated carbocycles. The van der Waals surface area contributed by atoms with Crippen molar-refractivity contribution in [3.05, 3.63) is 54.1 Å². The molecule has 0 aromatic heterocycles. The summed E-state index contributed by atoms with van der Waals surface area (Å²) in [6, 6.07) is 15.4. The van der Waals surface area contributed by atoms with Crippen molar-refractivity contribution >= 4 is 0 Å². The van der Waals surface area contributed by atoms with Crippen LogP contribution < -0.4 is 14.2 Å². The van der Waals surface area contributed by atoms with Gasteiger partial charge in [-0.05, 0) is 36.4 Å². The van der Waals surface area contributed by atoms with Gasteiger partial charge in [0.15, 0.2) is 11.5 Å². The molecular weight excluding hydrogens is 228 g/mol. The molecule has 3 rings (SSSR count). The van der Waals surface area contributed by atoms with Crippen LogP contribution in [0.4, 0.5) is 0 Å². The number of hydrogen-bond donors (Lipinski definition) is 0. The van der Waals surface area contributed by atoms with E-state index in [1.807, 2.05) is 55.5 Å². The Balaban J connectivity index is 1.93. The molecule has 1 aliphatic heterocycles. The summed E-state index contributed by atoms with van der Waals surface area (Å²) in [6.07, 6.45) is 0. The summed E-state index contributed by atoms with van der Waals surface area (Å²) in [6.45, 7) is 1.91. The van der Waals surface area contributed by atoms with Crippen molar-refractivity contribution in [1.29, 1.82) is 0 Å². The molecule has 18 heavy (non-hydrogen) atoms. The van der Waals surface area contributed by atoms with E-state index in [0.717, 1.165) is 22.8 Å². The zero-order chi connectivity index (χ0) is 12.6. The first-order valence-electron chi connectivity index (χ1n) is 5.83. The Morgan fingerprint density at radius 1 is 0.889 bits per heavy atom. The van der Waals surface area contributed by atoms with Crippen molar-refractivity contribution in [2.75, 3.05) is 7.11 Å². The molecule has 2 aromatic carbocycles. The van der Waals surface area contributed by atoms with Crippen LogP contribution >= 0.6 is 0 Å². The second kappa shape index (κ2) is 3.95. The molecular formula is C15H14O3. The molecule has 0 fully saturated rings. The zero-order valence-corrected chi connectivity index (χ0v) is 10.3. The Hall–Kier alpha value is -2.16. The minimum absolute atomic E-state index is 0.768.